The van der Waals surface area contributed by atoms with Gasteiger partial charge in [0.05, 0.1) is 0 Å². The number of rotatable bonds is 4. The van der Waals surface area contributed by atoms with Crippen LogP contribution in [0.3, 0.4) is 0 Å². The summed E-state index contributed by atoms with van der Waals surface area (Å²) in [5, 5.41) is 5.52. The van der Waals surface area contributed by atoms with E-state index in [0.29, 0.717) is 0 Å². The van der Waals surface area contributed by atoms with Crippen molar-refractivity contribution in [3.05, 3.63) is 127 Å². The largest absolute Gasteiger partial charge is 0.184 e. The van der Waals surface area contributed by atoms with Crippen LogP contribution in [-0.4, -0.2) is 6.88 Å². The molecule has 0 aliphatic rings. The van der Waals surface area contributed by atoms with E-state index < -0.39 is 0 Å². The Labute approximate surface area is 267 Å². The van der Waals surface area contributed by atoms with Crippen LogP contribution in [0.25, 0.3) is 21.5 Å². The molecule has 4 heteroatoms. The molecule has 0 aromatic heterocycles. The Bertz CT molecular complexity index is 1190. The third-order valence-corrected chi connectivity index (χ3v) is 5.73. The first-order chi connectivity index (χ1) is 17.3. The Kier molecular flexibility index (Phi) is 21.7. The van der Waals surface area contributed by atoms with E-state index >= 15 is 0 Å². The van der Waals surface area contributed by atoms with E-state index in [1.54, 1.807) is 0 Å². The van der Waals surface area contributed by atoms with E-state index in [4.69, 9.17) is 0 Å². The summed E-state index contributed by atoms with van der Waals surface area (Å²) in [7, 11) is 0. The predicted molar refractivity (Wildman–Crippen MR) is 178 cm³/mol. The molecule has 0 atom stereocenters. The van der Waals surface area contributed by atoms with E-state index in [2.05, 4.69) is 115 Å². The summed E-state index contributed by atoms with van der Waals surface area (Å²) in [4.78, 5) is 0. The van der Waals surface area contributed by atoms with Crippen LogP contribution in [0.4, 0.5) is 0 Å². The second-order valence-corrected chi connectivity index (χ2v) is 10.3. The first kappa shape index (κ1) is 39.7. The predicted octanol–water partition coefficient (Wildman–Crippen LogP) is 10.5. The molecule has 2 radical (unpaired) electrons. The van der Waals surface area contributed by atoms with Gasteiger partial charge in [0.25, 0.3) is 0 Å². The maximum absolute atomic E-state index is 3.06. The molecule has 0 unspecified atom stereocenters. The summed E-state index contributed by atoms with van der Waals surface area (Å²) in [6.45, 7) is 16.4. The second-order valence-electron chi connectivity index (χ2n) is 10.3. The molecule has 210 valence electrons. The summed E-state index contributed by atoms with van der Waals surface area (Å²) in [5.41, 5.74) is 5.64. The summed E-state index contributed by atoms with van der Waals surface area (Å²) in [6.07, 6.45) is 2.36. The maximum atomic E-state index is 3.06. The minimum Gasteiger partial charge on any atom is -0.184 e. The average Bonchev–Trinajstić information content (AvgIpc) is 3.41. The smallest absolute Gasteiger partial charge is 0.171 e. The SMILES string of the molecule is Cc1cc2cc(CC(C)C)ccc2[cH-]1.Cc1cc2cc(CC(C)C)ccc2[cH-]1.Cl.Cl.[CH3-].[Si]=[Zr].[c-]1ccccc1. The van der Waals surface area contributed by atoms with Crippen molar-refractivity contribution in [2.45, 2.75) is 54.4 Å². The van der Waals surface area contributed by atoms with Gasteiger partial charge in [-0.2, -0.15) is 48.5 Å². The Hall–Kier alpha value is -1.44. The molecule has 0 amide bonds. The van der Waals surface area contributed by atoms with Gasteiger partial charge in [-0.25, -0.2) is 0 Å². The van der Waals surface area contributed by atoms with Crippen LogP contribution in [-0.2, 0) is 36.2 Å². The fourth-order valence-corrected chi connectivity index (χ4v) is 4.36. The zero-order chi connectivity index (χ0) is 26.5. The summed E-state index contributed by atoms with van der Waals surface area (Å²) >= 11 is 1.36. The van der Waals surface area contributed by atoms with Crippen LogP contribution in [0.2, 0.25) is 0 Å². The molecule has 0 heterocycles. The number of benzene rings is 3. The molecule has 0 fully saturated rings. The van der Waals surface area contributed by atoms with Crippen LogP contribution in [0.15, 0.2) is 91.0 Å². The maximum Gasteiger partial charge on any atom is -0.171 e. The van der Waals surface area contributed by atoms with Crippen molar-refractivity contribution in [3.63, 3.8) is 0 Å². The molecule has 5 aromatic rings. The first-order valence-corrected chi connectivity index (χ1v) is 17.0. The Morgan fingerprint density at radius 2 is 1.05 bits per heavy atom. The molecule has 0 saturated carbocycles. The summed E-state index contributed by atoms with van der Waals surface area (Å²) in [5.74, 6) is 1.48. The van der Waals surface area contributed by atoms with Gasteiger partial charge in [-0.3, -0.25) is 0 Å². The van der Waals surface area contributed by atoms with Gasteiger partial charge in [-0.1, -0.05) is 52.7 Å². The van der Waals surface area contributed by atoms with Gasteiger partial charge in [0.2, 0.25) is 0 Å². The van der Waals surface area contributed by atoms with Gasteiger partial charge in [-0.05, 0) is 24.7 Å². The van der Waals surface area contributed by atoms with E-state index in [-0.39, 0.29) is 32.2 Å². The molecular formula is C35H44Cl2SiZr-4. The number of fused-ring (bicyclic) bond motifs is 2. The van der Waals surface area contributed by atoms with Crippen LogP contribution in [0, 0.1) is 39.2 Å². The van der Waals surface area contributed by atoms with Gasteiger partial charge >= 0.3 is 30.2 Å². The third-order valence-electron chi connectivity index (χ3n) is 5.73. The van der Waals surface area contributed by atoms with E-state index in [1.165, 1.54) is 80.0 Å². The van der Waals surface area contributed by atoms with Gasteiger partial charge in [0.1, 0.15) is 0 Å². The molecule has 39 heavy (non-hydrogen) atoms. The fraction of sp³-hybridized carbons (Fsp3) is 0.286. The number of hydrogen-bond acceptors (Lipinski definition) is 0. The van der Waals surface area contributed by atoms with Crippen molar-refractivity contribution in [2.24, 2.45) is 11.8 Å². The molecule has 0 spiro atoms. The van der Waals surface area contributed by atoms with E-state index in [1.807, 2.05) is 30.3 Å². The molecule has 0 aliphatic heterocycles. The Morgan fingerprint density at radius 1 is 0.667 bits per heavy atom. The Balaban J connectivity index is 0. The van der Waals surface area contributed by atoms with Gasteiger partial charge < -0.3 is 7.43 Å². The number of hydrogen-bond donors (Lipinski definition) is 0. The van der Waals surface area contributed by atoms with Crippen molar-refractivity contribution >= 4 is 53.2 Å². The minimum atomic E-state index is 0. The second kappa shape index (κ2) is 21.3. The normalized spacial score (nSPS) is 9.51. The molecule has 5 rings (SSSR count). The van der Waals surface area contributed by atoms with Crippen LogP contribution in [0.5, 0.6) is 0 Å². The quantitative estimate of drug-likeness (QED) is 0.134. The van der Waals surface area contributed by atoms with Crippen LogP contribution in [0.1, 0.15) is 49.9 Å². The van der Waals surface area contributed by atoms with Gasteiger partial charge in [-0.15, -0.1) is 106 Å². The molecular weight excluding hydrogens is 611 g/mol. The van der Waals surface area contributed by atoms with Crippen molar-refractivity contribution in [3.8, 4) is 0 Å². The standard InChI is InChI=1S/2C14H17.C6H5.CH3.2ClH.Si.Zr/c2*1-10(2)6-12-4-5-13-7-11(3)8-14(13)9-12;1-2-4-6-5-3-1;;;;;/h2*4-5,7-10H,6H2,1-3H3;1-5H;1H3;2*1H;;/q4*-1;;;;. The Morgan fingerprint density at radius 3 is 1.33 bits per heavy atom. The molecule has 0 bridgehead atoms. The van der Waals surface area contributed by atoms with E-state index in [9.17, 15) is 0 Å². The van der Waals surface area contributed by atoms with Gasteiger partial charge in [0.15, 0.2) is 0 Å². The fourth-order valence-electron chi connectivity index (χ4n) is 4.36. The van der Waals surface area contributed by atoms with Crippen molar-refractivity contribution in [2.75, 3.05) is 0 Å². The minimum absolute atomic E-state index is 0. The van der Waals surface area contributed by atoms with Crippen molar-refractivity contribution in [1.82, 2.24) is 0 Å². The molecule has 0 aliphatic carbocycles. The van der Waals surface area contributed by atoms with Crippen molar-refractivity contribution in [1.29, 1.82) is 0 Å². The first-order valence-electron chi connectivity index (χ1n) is 12.8. The van der Waals surface area contributed by atoms with E-state index in [0.717, 1.165) is 11.8 Å². The summed E-state index contributed by atoms with van der Waals surface area (Å²) in [6, 6.07) is 35.1. The average molecular weight is 655 g/mol. The topological polar surface area (TPSA) is 0 Å². The molecule has 0 N–H and O–H groups in total. The zero-order valence-electron chi connectivity index (χ0n) is 24.5. The van der Waals surface area contributed by atoms with Gasteiger partial charge in [0, 0.05) is 0 Å². The van der Waals surface area contributed by atoms with Crippen LogP contribution >= 0.6 is 24.8 Å². The molecule has 0 nitrogen and oxygen atoms in total. The zero-order valence-corrected chi connectivity index (χ0v) is 29.6. The summed E-state index contributed by atoms with van der Waals surface area (Å²) < 4.78 is 0. The number of halogens is 2. The van der Waals surface area contributed by atoms with Crippen LogP contribution < -0.4 is 0 Å². The number of aryl methyl sites for hydroxylation is 2. The molecule has 0 saturated heterocycles. The molecule has 5 aromatic carbocycles. The third kappa shape index (κ3) is 14.7. The monoisotopic (exact) mass is 652 g/mol. The van der Waals surface area contributed by atoms with Crippen molar-refractivity contribution < 1.29 is 23.3 Å².